The number of rotatable bonds is 2. The second kappa shape index (κ2) is 5.78. The van der Waals surface area contributed by atoms with Crippen molar-refractivity contribution in [3.8, 4) is 0 Å². The molecule has 5 nitrogen and oxygen atoms in total. The van der Waals surface area contributed by atoms with Crippen LogP contribution < -0.4 is 5.32 Å². The van der Waals surface area contributed by atoms with Gasteiger partial charge < -0.3 is 15.3 Å². The maximum absolute atomic E-state index is 13.6. The van der Waals surface area contributed by atoms with E-state index in [1.54, 1.807) is 13.0 Å². The van der Waals surface area contributed by atoms with Crippen LogP contribution in [-0.2, 0) is 4.79 Å². The fourth-order valence-corrected chi connectivity index (χ4v) is 2.57. The molecule has 1 fully saturated rings. The number of anilines is 1. The van der Waals surface area contributed by atoms with E-state index in [9.17, 15) is 14.0 Å². The number of benzene rings is 1. The summed E-state index contributed by atoms with van der Waals surface area (Å²) >= 11 is 3.13. The third-order valence-corrected chi connectivity index (χ3v) is 3.88. The van der Waals surface area contributed by atoms with E-state index in [0.717, 1.165) is 0 Å². The van der Waals surface area contributed by atoms with Crippen LogP contribution in [0.1, 0.15) is 6.92 Å². The van der Waals surface area contributed by atoms with Crippen molar-refractivity contribution in [2.75, 3.05) is 18.4 Å². The molecule has 2 atom stereocenters. The molecule has 0 radical (unpaired) electrons. The van der Waals surface area contributed by atoms with Crippen LogP contribution in [0.2, 0.25) is 0 Å². The van der Waals surface area contributed by atoms with E-state index < -0.39 is 23.7 Å². The van der Waals surface area contributed by atoms with Gasteiger partial charge in [-0.2, -0.15) is 0 Å². The van der Waals surface area contributed by atoms with Crippen molar-refractivity contribution in [3.05, 3.63) is 28.5 Å². The van der Waals surface area contributed by atoms with E-state index in [1.165, 1.54) is 17.0 Å². The van der Waals surface area contributed by atoms with Crippen molar-refractivity contribution in [1.29, 1.82) is 0 Å². The smallest absolute Gasteiger partial charge is 0.321 e. The second-order valence-electron chi connectivity index (χ2n) is 4.88. The SMILES string of the molecule is C[C@@H]1CN(C(=O)Nc2ccc(Br)cc2F)C[C@H]1C(=O)O. The Morgan fingerprint density at radius 3 is 2.70 bits per heavy atom. The van der Waals surface area contributed by atoms with Gasteiger partial charge in [0.05, 0.1) is 11.6 Å². The van der Waals surface area contributed by atoms with E-state index in [0.29, 0.717) is 11.0 Å². The number of urea groups is 1. The number of carbonyl (C=O) groups excluding carboxylic acids is 1. The summed E-state index contributed by atoms with van der Waals surface area (Å²) in [7, 11) is 0. The first kappa shape index (κ1) is 14.8. The molecule has 1 aliphatic heterocycles. The maximum Gasteiger partial charge on any atom is 0.321 e. The lowest BCUT2D eigenvalue weighted by molar-refractivity contribution is -0.142. The van der Waals surface area contributed by atoms with Gasteiger partial charge in [0.25, 0.3) is 0 Å². The largest absolute Gasteiger partial charge is 0.481 e. The molecule has 1 heterocycles. The summed E-state index contributed by atoms with van der Waals surface area (Å²) < 4.78 is 14.2. The fraction of sp³-hybridized carbons (Fsp3) is 0.385. The zero-order valence-corrected chi connectivity index (χ0v) is 12.4. The molecule has 20 heavy (non-hydrogen) atoms. The van der Waals surface area contributed by atoms with Gasteiger partial charge in [-0.25, -0.2) is 9.18 Å². The summed E-state index contributed by atoms with van der Waals surface area (Å²) in [5.41, 5.74) is 0.0737. The molecule has 0 aromatic heterocycles. The fourth-order valence-electron chi connectivity index (χ4n) is 2.24. The van der Waals surface area contributed by atoms with Crippen LogP contribution in [0.3, 0.4) is 0 Å². The summed E-state index contributed by atoms with van der Waals surface area (Å²) in [5, 5.41) is 11.5. The molecule has 108 valence electrons. The number of nitrogens with one attached hydrogen (secondary N) is 1. The molecule has 1 aromatic carbocycles. The van der Waals surface area contributed by atoms with E-state index in [1.807, 2.05) is 0 Å². The Hall–Kier alpha value is -1.63. The van der Waals surface area contributed by atoms with Crippen LogP contribution in [0.15, 0.2) is 22.7 Å². The maximum atomic E-state index is 13.6. The van der Waals surface area contributed by atoms with Crippen molar-refractivity contribution in [1.82, 2.24) is 4.90 Å². The highest BCUT2D eigenvalue weighted by atomic mass is 79.9. The average Bonchev–Trinajstić information content (AvgIpc) is 2.75. The van der Waals surface area contributed by atoms with Crippen LogP contribution in [-0.4, -0.2) is 35.1 Å². The summed E-state index contributed by atoms with van der Waals surface area (Å²) in [6.45, 7) is 2.27. The van der Waals surface area contributed by atoms with Crippen LogP contribution in [0, 0.1) is 17.7 Å². The topological polar surface area (TPSA) is 69.6 Å². The van der Waals surface area contributed by atoms with Gasteiger partial charge in [-0.3, -0.25) is 4.79 Å². The Morgan fingerprint density at radius 2 is 2.15 bits per heavy atom. The van der Waals surface area contributed by atoms with E-state index in [4.69, 9.17) is 5.11 Å². The van der Waals surface area contributed by atoms with E-state index >= 15 is 0 Å². The van der Waals surface area contributed by atoms with Gasteiger partial charge in [-0.15, -0.1) is 0 Å². The number of amides is 2. The molecule has 0 saturated carbocycles. The number of hydrogen-bond acceptors (Lipinski definition) is 2. The molecule has 2 rings (SSSR count). The number of carboxylic acids is 1. The Balaban J connectivity index is 2.04. The van der Waals surface area contributed by atoms with Crippen molar-refractivity contribution < 1.29 is 19.1 Å². The van der Waals surface area contributed by atoms with Gasteiger partial charge in [0.1, 0.15) is 5.82 Å². The molecular formula is C13H14BrFN2O3. The van der Waals surface area contributed by atoms with Crippen LogP contribution in [0.25, 0.3) is 0 Å². The molecule has 1 saturated heterocycles. The molecule has 0 spiro atoms. The average molecular weight is 345 g/mol. The summed E-state index contributed by atoms with van der Waals surface area (Å²) in [5.74, 6) is -2.15. The van der Waals surface area contributed by atoms with Crippen molar-refractivity contribution in [2.45, 2.75) is 6.92 Å². The number of likely N-dealkylation sites (tertiary alicyclic amines) is 1. The Morgan fingerprint density at radius 1 is 1.45 bits per heavy atom. The van der Waals surface area contributed by atoms with Gasteiger partial charge in [0, 0.05) is 17.6 Å². The number of halogens is 2. The van der Waals surface area contributed by atoms with Crippen molar-refractivity contribution >= 4 is 33.6 Å². The Labute approximate surface area is 123 Å². The highest BCUT2D eigenvalue weighted by Crippen LogP contribution is 2.25. The molecule has 0 unspecified atom stereocenters. The zero-order valence-electron chi connectivity index (χ0n) is 10.8. The second-order valence-corrected chi connectivity index (χ2v) is 5.80. The van der Waals surface area contributed by atoms with Gasteiger partial charge in [-0.1, -0.05) is 22.9 Å². The summed E-state index contributed by atoms with van der Waals surface area (Å²) in [6, 6.07) is 3.83. The van der Waals surface area contributed by atoms with Gasteiger partial charge >= 0.3 is 12.0 Å². The lowest BCUT2D eigenvalue weighted by Gasteiger charge is -2.17. The molecule has 7 heteroatoms. The Kier molecular flexibility index (Phi) is 4.27. The van der Waals surface area contributed by atoms with Crippen LogP contribution in [0.5, 0.6) is 0 Å². The van der Waals surface area contributed by atoms with E-state index in [-0.39, 0.29) is 18.2 Å². The first-order valence-electron chi connectivity index (χ1n) is 6.12. The van der Waals surface area contributed by atoms with Gasteiger partial charge in [0.15, 0.2) is 0 Å². The molecule has 0 bridgehead atoms. The van der Waals surface area contributed by atoms with Crippen molar-refractivity contribution in [3.63, 3.8) is 0 Å². The predicted molar refractivity (Wildman–Crippen MR) is 75.0 cm³/mol. The lowest BCUT2D eigenvalue weighted by atomic mass is 9.99. The first-order chi connectivity index (χ1) is 9.38. The third-order valence-electron chi connectivity index (χ3n) is 3.39. The highest BCUT2D eigenvalue weighted by molar-refractivity contribution is 9.10. The minimum absolute atomic E-state index is 0.0737. The summed E-state index contributed by atoms with van der Waals surface area (Å²) in [6.07, 6.45) is 0. The van der Waals surface area contributed by atoms with E-state index in [2.05, 4.69) is 21.2 Å². The minimum atomic E-state index is -0.914. The number of aliphatic carboxylic acids is 1. The molecule has 1 aromatic rings. The number of hydrogen-bond donors (Lipinski definition) is 2. The number of carboxylic acid groups (broad SMARTS) is 1. The van der Waals surface area contributed by atoms with Crippen LogP contribution in [0.4, 0.5) is 14.9 Å². The predicted octanol–water partition coefficient (Wildman–Crippen LogP) is 2.77. The normalized spacial score (nSPS) is 21.9. The van der Waals surface area contributed by atoms with Gasteiger partial charge in [-0.05, 0) is 24.1 Å². The van der Waals surface area contributed by atoms with Crippen molar-refractivity contribution in [2.24, 2.45) is 11.8 Å². The van der Waals surface area contributed by atoms with Gasteiger partial charge in [0.2, 0.25) is 0 Å². The minimum Gasteiger partial charge on any atom is -0.481 e. The standard InChI is InChI=1S/C13H14BrFN2O3/c1-7-5-17(6-9(7)12(18)19)13(20)16-11-3-2-8(14)4-10(11)15/h2-4,7,9H,5-6H2,1H3,(H,16,20)(H,18,19)/t7-,9-/m1/s1. The first-order valence-corrected chi connectivity index (χ1v) is 6.91. The lowest BCUT2D eigenvalue weighted by Crippen LogP contribution is -2.34. The Bertz CT molecular complexity index is 552. The third kappa shape index (κ3) is 3.09. The molecule has 1 aliphatic rings. The molecule has 2 N–H and O–H groups in total. The molecular weight excluding hydrogens is 331 g/mol. The molecule has 0 aliphatic carbocycles. The zero-order chi connectivity index (χ0) is 14.9. The summed E-state index contributed by atoms with van der Waals surface area (Å²) in [4.78, 5) is 24.4. The quantitative estimate of drug-likeness (QED) is 0.866. The highest BCUT2D eigenvalue weighted by Gasteiger charge is 2.37. The molecule has 2 amide bonds. The number of nitrogens with zero attached hydrogens (tertiary/aromatic N) is 1. The van der Waals surface area contributed by atoms with Crippen LogP contribution >= 0.6 is 15.9 Å². The number of carbonyl (C=O) groups is 2. The monoisotopic (exact) mass is 344 g/mol.